The predicted molar refractivity (Wildman–Crippen MR) is 76.2 cm³/mol. The van der Waals surface area contributed by atoms with Crippen LogP contribution in [0.25, 0.3) is 10.9 Å². The van der Waals surface area contributed by atoms with E-state index in [0.29, 0.717) is 10.4 Å². The van der Waals surface area contributed by atoms with Crippen LogP contribution in [-0.2, 0) is 6.54 Å². The maximum Gasteiger partial charge on any atom is 0.422 e. The SMILES string of the molecule is [2H]C([2H])(N)C([2H])([2H])N1CCn2c(cc3c(OCC(F)(F)F)nccc32)C1=O. The molecule has 1 aliphatic heterocycles. The molecule has 9 heteroatoms. The standard InChI is InChI=1S/C14H15F3N4O2/c15-14(16,17)8-23-12-9-7-11-13(22)20(4-2-18)5-6-21(11)10(9)1-3-19-12/h1,3,7H,2,4-6,8,18H2/i2D2,4D2. The normalized spacial score (nSPS) is 19.0. The minimum Gasteiger partial charge on any atom is -0.468 e. The van der Waals surface area contributed by atoms with E-state index in [9.17, 15) is 18.0 Å². The summed E-state index contributed by atoms with van der Waals surface area (Å²) < 4.78 is 74.0. The van der Waals surface area contributed by atoms with Crippen molar-refractivity contribution in [2.75, 3.05) is 26.1 Å². The van der Waals surface area contributed by atoms with Crippen molar-refractivity contribution in [1.82, 2.24) is 14.5 Å². The highest BCUT2D eigenvalue weighted by Gasteiger charge is 2.30. The Morgan fingerprint density at radius 3 is 2.91 bits per heavy atom. The number of ether oxygens (including phenoxy) is 1. The van der Waals surface area contributed by atoms with E-state index in [4.69, 9.17) is 16.0 Å². The molecule has 0 saturated carbocycles. The summed E-state index contributed by atoms with van der Waals surface area (Å²) in [5, 5.41) is 0.170. The number of nitrogens with zero attached hydrogens (tertiary/aromatic N) is 3. The second kappa shape index (κ2) is 5.73. The van der Waals surface area contributed by atoms with Crippen LogP contribution < -0.4 is 10.5 Å². The van der Waals surface area contributed by atoms with E-state index in [-0.39, 0.29) is 30.0 Å². The van der Waals surface area contributed by atoms with Crippen LogP contribution in [0.4, 0.5) is 13.2 Å². The van der Waals surface area contributed by atoms with E-state index in [1.54, 1.807) is 0 Å². The van der Waals surface area contributed by atoms with Crippen LogP contribution in [0.1, 0.15) is 16.0 Å². The van der Waals surface area contributed by atoms with Crippen molar-refractivity contribution in [3.8, 4) is 5.88 Å². The van der Waals surface area contributed by atoms with E-state index < -0.39 is 31.7 Å². The smallest absolute Gasteiger partial charge is 0.422 e. The minimum absolute atomic E-state index is 0.0192. The van der Waals surface area contributed by atoms with Crippen molar-refractivity contribution in [3.63, 3.8) is 0 Å². The summed E-state index contributed by atoms with van der Waals surface area (Å²) in [4.78, 5) is 17.2. The number of rotatable bonds is 4. The molecule has 2 N–H and O–H groups in total. The lowest BCUT2D eigenvalue weighted by molar-refractivity contribution is -0.153. The van der Waals surface area contributed by atoms with Crippen LogP contribution in [0.2, 0.25) is 0 Å². The molecule has 1 amide bonds. The third-order valence-corrected chi connectivity index (χ3v) is 3.38. The van der Waals surface area contributed by atoms with E-state index in [1.807, 2.05) is 0 Å². The summed E-state index contributed by atoms with van der Waals surface area (Å²) in [7, 11) is 0. The van der Waals surface area contributed by atoms with Gasteiger partial charge in [0.1, 0.15) is 5.69 Å². The fourth-order valence-corrected chi connectivity index (χ4v) is 2.47. The zero-order valence-corrected chi connectivity index (χ0v) is 11.7. The molecule has 124 valence electrons. The second-order valence-electron chi connectivity index (χ2n) is 4.85. The number of hydrogen-bond acceptors (Lipinski definition) is 4. The number of alkyl halides is 3. The molecule has 23 heavy (non-hydrogen) atoms. The van der Waals surface area contributed by atoms with E-state index >= 15 is 0 Å². The molecule has 3 rings (SSSR count). The molecule has 2 aromatic rings. The summed E-state index contributed by atoms with van der Waals surface area (Å²) in [5.41, 5.74) is 5.61. The van der Waals surface area contributed by atoms with Crippen LogP contribution in [0, 0.1) is 0 Å². The number of nitrogens with two attached hydrogens (primary N) is 1. The topological polar surface area (TPSA) is 73.4 Å². The number of hydrogen-bond donors (Lipinski definition) is 1. The van der Waals surface area contributed by atoms with Gasteiger partial charge in [0.15, 0.2) is 6.61 Å². The lowest BCUT2D eigenvalue weighted by Crippen LogP contribution is -2.42. The fraction of sp³-hybridized carbons (Fsp3) is 0.429. The van der Waals surface area contributed by atoms with Crippen molar-refractivity contribution in [3.05, 3.63) is 24.0 Å². The van der Waals surface area contributed by atoms with Gasteiger partial charge in [0.05, 0.1) is 13.6 Å². The minimum atomic E-state index is -4.56. The highest BCUT2D eigenvalue weighted by Crippen LogP contribution is 2.30. The summed E-state index contributed by atoms with van der Waals surface area (Å²) >= 11 is 0. The van der Waals surface area contributed by atoms with E-state index in [0.717, 1.165) is 0 Å². The van der Waals surface area contributed by atoms with Crippen molar-refractivity contribution in [2.24, 2.45) is 5.73 Å². The fourth-order valence-electron chi connectivity index (χ4n) is 2.47. The first-order chi connectivity index (χ1) is 12.3. The molecule has 3 heterocycles. The molecule has 0 radical (unpaired) electrons. The summed E-state index contributed by atoms with van der Waals surface area (Å²) in [6, 6.07) is 2.75. The molecule has 0 bridgehead atoms. The first-order valence-corrected chi connectivity index (χ1v) is 6.61. The molecular weight excluding hydrogens is 313 g/mol. The van der Waals surface area contributed by atoms with Crippen LogP contribution in [0.5, 0.6) is 5.88 Å². The first-order valence-electron chi connectivity index (χ1n) is 8.61. The summed E-state index contributed by atoms with van der Waals surface area (Å²) in [5.74, 6) is -1.14. The lowest BCUT2D eigenvalue weighted by atomic mass is 10.2. The number of fused-ring (bicyclic) bond motifs is 3. The van der Waals surface area contributed by atoms with Gasteiger partial charge < -0.3 is 19.9 Å². The molecule has 1 aliphatic rings. The quantitative estimate of drug-likeness (QED) is 0.918. The second-order valence-corrected chi connectivity index (χ2v) is 4.85. The van der Waals surface area contributed by atoms with Gasteiger partial charge in [-0.15, -0.1) is 0 Å². The maximum atomic E-state index is 12.7. The average Bonchev–Trinajstić information content (AvgIpc) is 2.91. The Kier molecular flexibility index (Phi) is 2.81. The summed E-state index contributed by atoms with van der Waals surface area (Å²) in [6.45, 7) is -7.20. The molecule has 6 nitrogen and oxygen atoms in total. The van der Waals surface area contributed by atoms with Gasteiger partial charge in [-0.1, -0.05) is 0 Å². The molecule has 0 aromatic carbocycles. The molecule has 0 saturated heterocycles. The third kappa shape index (κ3) is 2.96. The Labute approximate surface area is 135 Å². The molecular formula is C14H15F3N4O2. The summed E-state index contributed by atoms with van der Waals surface area (Å²) in [6.07, 6.45) is -3.31. The first kappa shape index (κ1) is 11.3. The van der Waals surface area contributed by atoms with Crippen LogP contribution in [-0.4, -0.2) is 52.7 Å². The highest BCUT2D eigenvalue weighted by atomic mass is 19.4. The Morgan fingerprint density at radius 2 is 2.22 bits per heavy atom. The van der Waals surface area contributed by atoms with Crippen molar-refractivity contribution < 1.29 is 28.2 Å². The number of amides is 1. The maximum absolute atomic E-state index is 12.7. The molecule has 0 aliphatic carbocycles. The molecule has 0 unspecified atom stereocenters. The van der Waals surface area contributed by atoms with Gasteiger partial charge in [-0.25, -0.2) is 4.98 Å². The molecule has 0 atom stereocenters. The van der Waals surface area contributed by atoms with Gasteiger partial charge in [0.25, 0.3) is 5.91 Å². The molecule has 0 fully saturated rings. The van der Waals surface area contributed by atoms with Gasteiger partial charge >= 0.3 is 6.18 Å². The number of carbonyl (C=O) groups excluding carboxylic acids is 1. The van der Waals surface area contributed by atoms with Crippen molar-refractivity contribution in [1.29, 1.82) is 0 Å². The number of halogens is 3. The van der Waals surface area contributed by atoms with Gasteiger partial charge in [-0.3, -0.25) is 4.79 Å². The van der Waals surface area contributed by atoms with E-state index in [2.05, 4.69) is 4.98 Å². The lowest BCUT2D eigenvalue weighted by Gasteiger charge is -2.28. The van der Waals surface area contributed by atoms with Crippen LogP contribution in [0.3, 0.4) is 0 Å². The van der Waals surface area contributed by atoms with Gasteiger partial charge in [-0.05, 0) is 12.1 Å². The zero-order valence-electron chi connectivity index (χ0n) is 15.7. The van der Waals surface area contributed by atoms with Gasteiger partial charge in [0.2, 0.25) is 5.88 Å². The van der Waals surface area contributed by atoms with Crippen LogP contribution in [0.15, 0.2) is 18.3 Å². The van der Waals surface area contributed by atoms with E-state index in [1.165, 1.54) is 22.9 Å². The number of pyridine rings is 1. The average molecular weight is 332 g/mol. The Hall–Kier alpha value is -2.29. The van der Waals surface area contributed by atoms with Crippen LogP contribution >= 0.6 is 0 Å². The highest BCUT2D eigenvalue weighted by molar-refractivity contribution is 6.00. The van der Waals surface area contributed by atoms with Gasteiger partial charge in [-0.2, -0.15) is 13.2 Å². The Morgan fingerprint density at radius 1 is 1.43 bits per heavy atom. The Bertz CT molecular complexity index is 895. The predicted octanol–water partition coefficient (Wildman–Crippen LogP) is 1.39. The Balaban J connectivity index is 2.01. The van der Waals surface area contributed by atoms with Gasteiger partial charge in [0, 0.05) is 35.0 Å². The number of aromatic nitrogens is 2. The van der Waals surface area contributed by atoms with Crippen molar-refractivity contribution >= 4 is 16.8 Å². The number of carbonyl (C=O) groups is 1. The monoisotopic (exact) mass is 332 g/mol. The third-order valence-electron chi connectivity index (χ3n) is 3.38. The molecule has 2 aromatic heterocycles. The molecule has 0 spiro atoms. The zero-order chi connectivity index (χ0) is 20.2. The van der Waals surface area contributed by atoms with Crippen molar-refractivity contribution in [2.45, 2.75) is 12.7 Å². The largest absolute Gasteiger partial charge is 0.468 e.